The van der Waals surface area contributed by atoms with Crippen LogP contribution in [0, 0.1) is 17.5 Å². The second-order valence-corrected chi connectivity index (χ2v) is 4.69. The fourth-order valence-corrected chi connectivity index (χ4v) is 1.97. The smallest absolute Gasteiger partial charge is 0.226 e. The van der Waals surface area contributed by atoms with Gasteiger partial charge < -0.3 is 11.1 Å². The maximum atomic E-state index is 13.3. The highest BCUT2D eigenvalue weighted by Gasteiger charge is 2.34. The van der Waals surface area contributed by atoms with Crippen LogP contribution in [-0.2, 0) is 4.79 Å². The molecular formula is C12H13F3N2O. The summed E-state index contributed by atoms with van der Waals surface area (Å²) < 4.78 is 39.2. The van der Waals surface area contributed by atoms with E-state index in [1.165, 1.54) is 0 Å². The van der Waals surface area contributed by atoms with Gasteiger partial charge in [0, 0.05) is 24.1 Å². The van der Waals surface area contributed by atoms with E-state index in [9.17, 15) is 18.0 Å². The van der Waals surface area contributed by atoms with Gasteiger partial charge in [-0.25, -0.2) is 13.2 Å². The standard InChI is InChI=1S/C12H13F3N2O/c13-7-4-8(14)11(9(15)5-7)17-10(18)6-12(16)2-1-3-12/h4-5H,1-3,6,16H2,(H,17,18). The van der Waals surface area contributed by atoms with Gasteiger partial charge in [0.25, 0.3) is 0 Å². The summed E-state index contributed by atoms with van der Waals surface area (Å²) in [6, 6.07) is 1.03. The van der Waals surface area contributed by atoms with Gasteiger partial charge in [-0.1, -0.05) is 0 Å². The summed E-state index contributed by atoms with van der Waals surface area (Å²) >= 11 is 0. The Hall–Kier alpha value is -1.56. The lowest BCUT2D eigenvalue weighted by Gasteiger charge is -2.37. The lowest BCUT2D eigenvalue weighted by atomic mass is 9.75. The zero-order valence-corrected chi connectivity index (χ0v) is 9.60. The average Bonchev–Trinajstić information content (AvgIpc) is 2.21. The van der Waals surface area contributed by atoms with E-state index in [0.29, 0.717) is 12.1 Å². The molecule has 1 aromatic rings. The van der Waals surface area contributed by atoms with Gasteiger partial charge in [0.15, 0.2) is 11.6 Å². The van der Waals surface area contributed by atoms with Gasteiger partial charge in [-0.15, -0.1) is 0 Å². The van der Waals surface area contributed by atoms with Crippen molar-refractivity contribution in [2.24, 2.45) is 5.73 Å². The van der Waals surface area contributed by atoms with Gasteiger partial charge in [0.2, 0.25) is 5.91 Å². The zero-order valence-electron chi connectivity index (χ0n) is 9.60. The average molecular weight is 258 g/mol. The number of amides is 1. The van der Waals surface area contributed by atoms with Crippen molar-refractivity contribution in [3.05, 3.63) is 29.6 Å². The summed E-state index contributed by atoms with van der Waals surface area (Å²) in [5.74, 6) is -3.88. The largest absolute Gasteiger partial charge is 0.325 e. The third-order valence-corrected chi connectivity index (χ3v) is 3.13. The molecule has 0 radical (unpaired) electrons. The van der Waals surface area contributed by atoms with Crippen LogP contribution in [-0.4, -0.2) is 11.4 Å². The second-order valence-electron chi connectivity index (χ2n) is 4.69. The maximum absolute atomic E-state index is 13.3. The number of nitrogens with two attached hydrogens (primary N) is 1. The van der Waals surface area contributed by atoms with E-state index >= 15 is 0 Å². The van der Waals surface area contributed by atoms with Crippen LogP contribution in [0.5, 0.6) is 0 Å². The molecule has 0 atom stereocenters. The summed E-state index contributed by atoms with van der Waals surface area (Å²) in [7, 11) is 0. The fraction of sp³-hybridized carbons (Fsp3) is 0.417. The topological polar surface area (TPSA) is 55.1 Å². The molecule has 0 aromatic heterocycles. The predicted molar refractivity (Wildman–Crippen MR) is 60.3 cm³/mol. The van der Waals surface area contributed by atoms with E-state index in [4.69, 9.17) is 5.73 Å². The Balaban J connectivity index is 2.07. The van der Waals surface area contributed by atoms with Crippen molar-refractivity contribution in [3.63, 3.8) is 0 Å². The summed E-state index contributed by atoms with van der Waals surface area (Å²) in [5, 5.41) is 2.09. The number of rotatable bonds is 3. The Morgan fingerprint density at radius 1 is 1.28 bits per heavy atom. The molecule has 0 aliphatic heterocycles. The number of hydrogen-bond acceptors (Lipinski definition) is 2. The van der Waals surface area contributed by atoms with Gasteiger partial charge in [-0.05, 0) is 19.3 Å². The van der Waals surface area contributed by atoms with Gasteiger partial charge in [0.1, 0.15) is 11.5 Å². The minimum atomic E-state index is -1.14. The number of carbonyl (C=O) groups excluding carboxylic acids is 1. The number of carbonyl (C=O) groups is 1. The van der Waals surface area contributed by atoms with Crippen molar-refractivity contribution in [2.75, 3.05) is 5.32 Å². The Kier molecular flexibility index (Phi) is 3.30. The van der Waals surface area contributed by atoms with Crippen LogP contribution in [0.3, 0.4) is 0 Å². The Labute approximate surface area is 102 Å². The number of hydrogen-bond donors (Lipinski definition) is 2. The van der Waals surface area contributed by atoms with E-state index < -0.39 is 34.6 Å². The summed E-state index contributed by atoms with van der Waals surface area (Å²) in [6.07, 6.45) is 2.38. The van der Waals surface area contributed by atoms with Crippen LogP contribution in [0.25, 0.3) is 0 Å². The maximum Gasteiger partial charge on any atom is 0.226 e. The summed E-state index contributed by atoms with van der Waals surface area (Å²) in [6.45, 7) is 0. The minimum Gasteiger partial charge on any atom is -0.325 e. The highest BCUT2D eigenvalue weighted by Crippen LogP contribution is 2.32. The molecule has 3 N–H and O–H groups in total. The molecule has 1 fully saturated rings. The molecule has 0 unspecified atom stereocenters. The van der Waals surface area contributed by atoms with Crippen LogP contribution in [0.2, 0.25) is 0 Å². The molecule has 98 valence electrons. The highest BCUT2D eigenvalue weighted by molar-refractivity contribution is 5.91. The normalized spacial score (nSPS) is 17.1. The van der Waals surface area contributed by atoms with Gasteiger partial charge >= 0.3 is 0 Å². The quantitative estimate of drug-likeness (QED) is 0.874. The number of nitrogens with one attached hydrogen (secondary N) is 1. The molecule has 0 heterocycles. The number of benzene rings is 1. The van der Waals surface area contributed by atoms with Crippen molar-refractivity contribution in [3.8, 4) is 0 Å². The molecule has 6 heteroatoms. The molecule has 0 spiro atoms. The summed E-state index contributed by atoms with van der Waals surface area (Å²) in [4.78, 5) is 11.6. The second kappa shape index (κ2) is 4.61. The SMILES string of the molecule is NC1(CC(=O)Nc2c(F)cc(F)cc2F)CCC1. The predicted octanol–water partition coefficient (Wildman–Crippen LogP) is 2.31. The molecule has 3 nitrogen and oxygen atoms in total. The number of halogens is 3. The van der Waals surface area contributed by atoms with Crippen molar-refractivity contribution < 1.29 is 18.0 Å². The van der Waals surface area contributed by atoms with Crippen LogP contribution in [0.1, 0.15) is 25.7 Å². The van der Waals surface area contributed by atoms with E-state index in [1.807, 2.05) is 0 Å². The van der Waals surface area contributed by atoms with Crippen LogP contribution in [0.15, 0.2) is 12.1 Å². The third kappa shape index (κ3) is 2.64. The first-order valence-electron chi connectivity index (χ1n) is 5.63. The van der Waals surface area contributed by atoms with E-state index in [-0.39, 0.29) is 6.42 Å². The Morgan fingerprint density at radius 2 is 1.83 bits per heavy atom. The van der Waals surface area contributed by atoms with Crippen molar-refractivity contribution in [1.82, 2.24) is 0 Å². The molecule has 1 aromatic carbocycles. The molecule has 1 amide bonds. The van der Waals surface area contributed by atoms with E-state index in [0.717, 1.165) is 19.3 Å². The molecule has 0 saturated heterocycles. The monoisotopic (exact) mass is 258 g/mol. The molecule has 1 aliphatic carbocycles. The Morgan fingerprint density at radius 3 is 2.28 bits per heavy atom. The van der Waals surface area contributed by atoms with Crippen molar-refractivity contribution >= 4 is 11.6 Å². The molecular weight excluding hydrogens is 245 g/mol. The zero-order chi connectivity index (χ0) is 13.3. The first-order valence-corrected chi connectivity index (χ1v) is 5.63. The van der Waals surface area contributed by atoms with E-state index in [1.54, 1.807) is 0 Å². The lowest BCUT2D eigenvalue weighted by molar-refractivity contribution is -0.118. The molecule has 2 rings (SSSR count). The molecule has 0 bridgehead atoms. The van der Waals surface area contributed by atoms with Crippen LogP contribution >= 0.6 is 0 Å². The van der Waals surface area contributed by atoms with E-state index in [2.05, 4.69) is 5.32 Å². The van der Waals surface area contributed by atoms with Crippen molar-refractivity contribution in [2.45, 2.75) is 31.2 Å². The fourth-order valence-electron chi connectivity index (χ4n) is 1.97. The minimum absolute atomic E-state index is 0.00323. The molecule has 1 saturated carbocycles. The highest BCUT2D eigenvalue weighted by atomic mass is 19.1. The number of anilines is 1. The Bertz CT molecular complexity index is 463. The third-order valence-electron chi connectivity index (χ3n) is 3.13. The summed E-state index contributed by atoms with van der Waals surface area (Å²) in [5.41, 5.74) is 4.64. The molecule has 18 heavy (non-hydrogen) atoms. The van der Waals surface area contributed by atoms with Crippen molar-refractivity contribution in [1.29, 1.82) is 0 Å². The first-order chi connectivity index (χ1) is 8.39. The van der Waals surface area contributed by atoms with Crippen LogP contribution < -0.4 is 11.1 Å². The van der Waals surface area contributed by atoms with Crippen LogP contribution in [0.4, 0.5) is 18.9 Å². The first kappa shape index (κ1) is 12.9. The van der Waals surface area contributed by atoms with Gasteiger partial charge in [-0.2, -0.15) is 0 Å². The molecule has 1 aliphatic rings. The van der Waals surface area contributed by atoms with Gasteiger partial charge in [-0.3, -0.25) is 4.79 Å². The van der Waals surface area contributed by atoms with Gasteiger partial charge in [0.05, 0.1) is 0 Å². The lowest BCUT2D eigenvalue weighted by Crippen LogP contribution is -2.49.